The van der Waals surface area contributed by atoms with Crippen LogP contribution in [0.15, 0.2) is 0 Å². The van der Waals surface area contributed by atoms with E-state index in [-0.39, 0.29) is 0 Å². The SMILES string of the molecule is CCCC(CC)C1C[N+](C)=C2C3CCCCC3C3CCCCC3C2N1C. The molecule has 0 bridgehead atoms. The van der Waals surface area contributed by atoms with Crippen LogP contribution >= 0.6 is 0 Å². The van der Waals surface area contributed by atoms with Crippen molar-refractivity contribution in [3.63, 3.8) is 0 Å². The van der Waals surface area contributed by atoms with Crippen molar-refractivity contribution in [2.45, 2.75) is 96.6 Å². The third-order valence-corrected chi connectivity index (χ3v) is 8.92. The highest BCUT2D eigenvalue weighted by Crippen LogP contribution is 2.52. The van der Waals surface area contributed by atoms with E-state index in [0.29, 0.717) is 0 Å². The van der Waals surface area contributed by atoms with Crippen molar-refractivity contribution < 1.29 is 4.58 Å². The molecule has 2 heteroatoms. The number of likely N-dealkylation sites (N-methyl/N-ethyl adjacent to an activating group) is 2. The minimum atomic E-state index is 0.759. The van der Waals surface area contributed by atoms with Gasteiger partial charge in [-0.25, -0.2) is 4.58 Å². The summed E-state index contributed by atoms with van der Waals surface area (Å²) >= 11 is 0. The van der Waals surface area contributed by atoms with E-state index >= 15 is 0 Å². The highest BCUT2D eigenvalue weighted by Gasteiger charge is 2.56. The molecule has 0 amide bonds. The summed E-state index contributed by atoms with van der Waals surface area (Å²) in [6, 6.07) is 1.52. The van der Waals surface area contributed by atoms with Crippen molar-refractivity contribution in [2.75, 3.05) is 20.6 Å². The highest BCUT2D eigenvalue weighted by molar-refractivity contribution is 5.89. The molecule has 0 aromatic carbocycles. The molecular formula is C24H43N2+. The maximum atomic E-state index is 2.91. The van der Waals surface area contributed by atoms with Crippen LogP contribution in [0.3, 0.4) is 0 Å². The fourth-order valence-corrected chi connectivity index (χ4v) is 7.85. The number of hydrogen-bond donors (Lipinski definition) is 0. The maximum Gasteiger partial charge on any atom is 0.173 e. The van der Waals surface area contributed by atoms with Gasteiger partial charge in [-0.05, 0) is 62.8 Å². The molecule has 0 spiro atoms. The van der Waals surface area contributed by atoms with Crippen LogP contribution in [0.25, 0.3) is 0 Å². The zero-order valence-electron chi connectivity index (χ0n) is 17.9. The molecule has 0 radical (unpaired) electrons. The van der Waals surface area contributed by atoms with Gasteiger partial charge in [0.1, 0.15) is 7.05 Å². The van der Waals surface area contributed by atoms with Crippen molar-refractivity contribution in [2.24, 2.45) is 29.6 Å². The van der Waals surface area contributed by atoms with Crippen molar-refractivity contribution in [1.82, 2.24) is 4.90 Å². The molecule has 4 aliphatic rings. The molecule has 0 N–H and O–H groups in total. The summed E-state index contributed by atoms with van der Waals surface area (Å²) in [6.07, 6.45) is 16.1. The third kappa shape index (κ3) is 3.09. The molecule has 0 aromatic heterocycles. The smallest absolute Gasteiger partial charge is 0.173 e. The molecule has 4 rings (SSSR count). The minimum Gasteiger partial charge on any atom is -0.285 e. The van der Waals surface area contributed by atoms with Crippen LogP contribution in [-0.4, -0.2) is 47.9 Å². The summed E-state index contributed by atoms with van der Waals surface area (Å²) in [6.45, 7) is 6.08. The molecule has 3 fully saturated rings. The predicted molar refractivity (Wildman–Crippen MR) is 111 cm³/mol. The molecule has 2 nitrogen and oxygen atoms in total. The normalized spacial score (nSPS) is 42.0. The fraction of sp³-hybridized carbons (Fsp3) is 0.958. The van der Waals surface area contributed by atoms with E-state index in [4.69, 9.17) is 0 Å². The summed E-state index contributed by atoms with van der Waals surface area (Å²) < 4.78 is 2.78. The molecule has 1 aliphatic heterocycles. The molecule has 0 saturated heterocycles. The van der Waals surface area contributed by atoms with Gasteiger partial charge in [-0.1, -0.05) is 52.4 Å². The van der Waals surface area contributed by atoms with Gasteiger partial charge in [0, 0.05) is 5.92 Å². The summed E-state index contributed by atoms with van der Waals surface area (Å²) in [5.74, 6) is 4.79. The fourth-order valence-electron chi connectivity index (χ4n) is 7.85. The largest absolute Gasteiger partial charge is 0.285 e. The Morgan fingerprint density at radius 3 is 2.31 bits per heavy atom. The van der Waals surface area contributed by atoms with Crippen molar-refractivity contribution in [1.29, 1.82) is 0 Å². The van der Waals surface area contributed by atoms with E-state index in [0.717, 1.165) is 41.7 Å². The number of fused-ring (bicyclic) bond motifs is 6. The molecule has 3 saturated carbocycles. The summed E-state index contributed by atoms with van der Waals surface area (Å²) in [7, 11) is 4.96. The second kappa shape index (κ2) is 7.94. The number of hydrogen-bond acceptors (Lipinski definition) is 1. The number of rotatable bonds is 4. The van der Waals surface area contributed by atoms with Crippen LogP contribution in [0.2, 0.25) is 0 Å². The first-order valence-corrected chi connectivity index (χ1v) is 12.0. The van der Waals surface area contributed by atoms with E-state index < -0.39 is 0 Å². The van der Waals surface area contributed by atoms with Crippen LogP contribution < -0.4 is 0 Å². The zero-order chi connectivity index (χ0) is 18.3. The molecule has 26 heavy (non-hydrogen) atoms. The average Bonchev–Trinajstić information content (AvgIpc) is 2.68. The average molecular weight is 360 g/mol. The predicted octanol–water partition coefficient (Wildman–Crippen LogP) is 5.21. The Kier molecular flexibility index (Phi) is 5.79. The molecule has 3 aliphatic carbocycles. The monoisotopic (exact) mass is 359 g/mol. The van der Waals surface area contributed by atoms with Crippen molar-refractivity contribution >= 4 is 5.71 Å². The van der Waals surface area contributed by atoms with Crippen LogP contribution in [0.1, 0.15) is 84.5 Å². The van der Waals surface area contributed by atoms with E-state index in [1.807, 2.05) is 5.71 Å². The Balaban J connectivity index is 1.71. The summed E-state index contributed by atoms with van der Waals surface area (Å²) in [4.78, 5) is 2.91. The van der Waals surface area contributed by atoms with Crippen molar-refractivity contribution in [3.8, 4) is 0 Å². The van der Waals surface area contributed by atoms with Gasteiger partial charge in [0.05, 0.1) is 12.1 Å². The Morgan fingerprint density at radius 1 is 0.962 bits per heavy atom. The Hall–Kier alpha value is -0.370. The first-order chi connectivity index (χ1) is 12.7. The molecule has 148 valence electrons. The summed E-state index contributed by atoms with van der Waals surface area (Å²) in [5.41, 5.74) is 1.88. The molecular weight excluding hydrogens is 316 g/mol. The topological polar surface area (TPSA) is 6.25 Å². The standard InChI is InChI=1S/C24H43N2/c1-5-11-17(6-2)22-16-25(3)23-20-14-9-7-12-18(20)19-13-8-10-15-21(19)24(23)26(22)4/h17-22,24H,5-16H2,1-4H3/q+1. The van der Waals surface area contributed by atoms with Gasteiger partial charge in [-0.2, -0.15) is 0 Å². The lowest BCUT2D eigenvalue weighted by Crippen LogP contribution is -2.67. The lowest BCUT2D eigenvalue weighted by Gasteiger charge is -2.55. The highest BCUT2D eigenvalue weighted by atomic mass is 15.3. The first-order valence-electron chi connectivity index (χ1n) is 12.0. The first kappa shape index (κ1) is 19.0. The van der Waals surface area contributed by atoms with Gasteiger partial charge in [-0.3, -0.25) is 4.90 Å². The van der Waals surface area contributed by atoms with E-state index in [1.165, 1.54) is 77.2 Å². The second-order valence-electron chi connectivity index (χ2n) is 10.1. The van der Waals surface area contributed by atoms with Gasteiger partial charge in [0.2, 0.25) is 0 Å². The van der Waals surface area contributed by atoms with Gasteiger partial charge >= 0.3 is 0 Å². The van der Waals surface area contributed by atoms with Gasteiger partial charge in [-0.15, -0.1) is 0 Å². The van der Waals surface area contributed by atoms with Gasteiger partial charge in [0.15, 0.2) is 12.3 Å². The molecule has 7 atom stereocenters. The minimum absolute atomic E-state index is 0.759. The van der Waals surface area contributed by atoms with Gasteiger partial charge < -0.3 is 0 Å². The Morgan fingerprint density at radius 2 is 1.62 bits per heavy atom. The Labute approximate surface area is 162 Å². The van der Waals surface area contributed by atoms with Gasteiger partial charge in [0.25, 0.3) is 0 Å². The van der Waals surface area contributed by atoms with Crippen LogP contribution in [0, 0.1) is 29.6 Å². The van der Waals surface area contributed by atoms with E-state index in [1.54, 1.807) is 0 Å². The van der Waals surface area contributed by atoms with Crippen LogP contribution in [0.5, 0.6) is 0 Å². The second-order valence-corrected chi connectivity index (χ2v) is 10.1. The lowest BCUT2D eigenvalue weighted by molar-refractivity contribution is -0.520. The Bertz CT molecular complexity index is 524. The van der Waals surface area contributed by atoms with E-state index in [2.05, 4.69) is 37.4 Å². The van der Waals surface area contributed by atoms with E-state index in [9.17, 15) is 0 Å². The zero-order valence-corrected chi connectivity index (χ0v) is 17.9. The lowest BCUT2D eigenvalue weighted by atomic mass is 9.54. The van der Waals surface area contributed by atoms with Crippen LogP contribution in [0.4, 0.5) is 0 Å². The summed E-state index contributed by atoms with van der Waals surface area (Å²) in [5, 5.41) is 0. The molecule has 1 heterocycles. The molecule has 0 aromatic rings. The van der Waals surface area contributed by atoms with Crippen LogP contribution in [-0.2, 0) is 0 Å². The number of nitrogens with zero attached hydrogens (tertiary/aromatic N) is 2. The quantitative estimate of drug-likeness (QED) is 0.625. The van der Waals surface area contributed by atoms with Crippen molar-refractivity contribution in [3.05, 3.63) is 0 Å². The third-order valence-electron chi connectivity index (χ3n) is 8.92. The maximum absolute atomic E-state index is 2.91. The molecule has 7 unspecified atom stereocenters.